The lowest BCUT2D eigenvalue weighted by Crippen LogP contribution is -2.51. The quantitative estimate of drug-likeness (QED) is 0.505. The largest absolute Gasteiger partial charge is 0.461 e. The lowest BCUT2D eigenvalue weighted by molar-refractivity contribution is 0.0519. The standard InChI is InChI=1S/C19H31N3O5/c1-8-27-18(24)16-12(4)15(13(5)21-16)17(23)14(6)22(9-10-26-7)19(25)20-11(2)3/h11,14,21H,8-10H2,1-7H3,(H,20,25)/t14-/m1/s1. The van der Waals surface area contributed by atoms with Gasteiger partial charge in [0.1, 0.15) is 5.69 Å². The van der Waals surface area contributed by atoms with E-state index in [1.54, 1.807) is 27.7 Å². The van der Waals surface area contributed by atoms with Crippen molar-refractivity contribution in [2.45, 2.75) is 53.6 Å². The SMILES string of the molecule is CCOC(=O)c1[nH]c(C)c(C(=O)[C@@H](C)N(CCOC)C(=O)NC(C)C)c1C. The smallest absolute Gasteiger partial charge is 0.355 e. The molecule has 0 aliphatic carbocycles. The molecule has 0 aliphatic heterocycles. The number of ether oxygens (including phenoxy) is 2. The van der Waals surface area contributed by atoms with Crippen LogP contribution >= 0.6 is 0 Å². The van der Waals surface area contributed by atoms with Gasteiger partial charge in [-0.2, -0.15) is 0 Å². The number of amides is 2. The van der Waals surface area contributed by atoms with Crippen LogP contribution in [0.3, 0.4) is 0 Å². The third-order valence-corrected chi connectivity index (χ3v) is 4.22. The van der Waals surface area contributed by atoms with Gasteiger partial charge in [0, 0.05) is 31.0 Å². The number of esters is 1. The van der Waals surface area contributed by atoms with Crippen molar-refractivity contribution >= 4 is 17.8 Å². The van der Waals surface area contributed by atoms with Crippen molar-refractivity contribution in [2.24, 2.45) is 0 Å². The van der Waals surface area contributed by atoms with Gasteiger partial charge in [0.05, 0.1) is 19.3 Å². The molecule has 0 saturated carbocycles. The van der Waals surface area contributed by atoms with Crippen molar-refractivity contribution in [1.29, 1.82) is 0 Å². The average molecular weight is 381 g/mol. The van der Waals surface area contributed by atoms with E-state index in [2.05, 4.69) is 10.3 Å². The molecule has 1 aromatic heterocycles. The Balaban J connectivity index is 3.16. The van der Waals surface area contributed by atoms with Gasteiger partial charge in [-0.25, -0.2) is 9.59 Å². The molecule has 1 aromatic rings. The number of hydrogen-bond donors (Lipinski definition) is 2. The van der Waals surface area contributed by atoms with Crippen molar-refractivity contribution in [3.05, 3.63) is 22.5 Å². The summed E-state index contributed by atoms with van der Waals surface area (Å²) in [5.41, 5.74) is 1.77. The number of carbonyl (C=O) groups excluding carboxylic acids is 3. The molecule has 8 heteroatoms. The molecule has 0 aliphatic rings. The topological polar surface area (TPSA) is 101 Å². The summed E-state index contributed by atoms with van der Waals surface area (Å²) < 4.78 is 10.1. The van der Waals surface area contributed by atoms with Crippen LogP contribution in [0.4, 0.5) is 4.79 Å². The van der Waals surface area contributed by atoms with Gasteiger partial charge in [-0.3, -0.25) is 4.79 Å². The van der Waals surface area contributed by atoms with E-state index in [1.807, 2.05) is 13.8 Å². The molecule has 0 radical (unpaired) electrons. The summed E-state index contributed by atoms with van der Waals surface area (Å²) in [6.45, 7) is 11.3. The molecule has 0 bridgehead atoms. The van der Waals surface area contributed by atoms with Crippen LogP contribution in [-0.2, 0) is 9.47 Å². The molecule has 8 nitrogen and oxygen atoms in total. The number of H-pyrrole nitrogens is 1. The molecular weight excluding hydrogens is 350 g/mol. The number of urea groups is 1. The van der Waals surface area contributed by atoms with Crippen LogP contribution in [0.5, 0.6) is 0 Å². The second-order valence-corrected chi connectivity index (χ2v) is 6.68. The van der Waals surface area contributed by atoms with E-state index in [1.165, 1.54) is 12.0 Å². The summed E-state index contributed by atoms with van der Waals surface area (Å²) in [5, 5.41) is 2.81. The second-order valence-electron chi connectivity index (χ2n) is 6.68. The predicted octanol–water partition coefficient (Wildman–Crippen LogP) is 2.45. The molecule has 2 N–H and O–H groups in total. The fourth-order valence-corrected chi connectivity index (χ4v) is 2.87. The Morgan fingerprint density at radius 2 is 1.81 bits per heavy atom. The number of aromatic nitrogens is 1. The Bertz CT molecular complexity index is 681. The summed E-state index contributed by atoms with van der Waals surface area (Å²) in [4.78, 5) is 42.1. The minimum atomic E-state index is -0.720. The van der Waals surface area contributed by atoms with Crippen molar-refractivity contribution in [3.8, 4) is 0 Å². The molecule has 152 valence electrons. The van der Waals surface area contributed by atoms with Crippen molar-refractivity contribution in [3.63, 3.8) is 0 Å². The zero-order chi connectivity index (χ0) is 20.7. The van der Waals surface area contributed by atoms with Crippen molar-refractivity contribution in [2.75, 3.05) is 26.9 Å². The molecule has 0 unspecified atom stereocenters. The van der Waals surface area contributed by atoms with Crippen LogP contribution < -0.4 is 5.32 Å². The van der Waals surface area contributed by atoms with Gasteiger partial charge in [0.25, 0.3) is 0 Å². The summed E-state index contributed by atoms with van der Waals surface area (Å²) in [6.07, 6.45) is 0. The van der Waals surface area contributed by atoms with Gasteiger partial charge in [-0.15, -0.1) is 0 Å². The Morgan fingerprint density at radius 1 is 1.19 bits per heavy atom. The fraction of sp³-hybridized carbons (Fsp3) is 0.632. The highest BCUT2D eigenvalue weighted by molar-refractivity contribution is 6.06. The number of ketones is 1. The highest BCUT2D eigenvalue weighted by atomic mass is 16.5. The van der Waals surface area contributed by atoms with Gasteiger partial charge in [-0.1, -0.05) is 0 Å². The maximum Gasteiger partial charge on any atom is 0.355 e. The lowest BCUT2D eigenvalue weighted by atomic mass is 10.00. The van der Waals surface area contributed by atoms with E-state index >= 15 is 0 Å². The number of aryl methyl sites for hydroxylation is 1. The molecule has 1 heterocycles. The normalized spacial score (nSPS) is 12.0. The van der Waals surface area contributed by atoms with E-state index in [9.17, 15) is 14.4 Å². The lowest BCUT2D eigenvalue weighted by Gasteiger charge is -2.29. The van der Waals surface area contributed by atoms with Gasteiger partial charge in [0.2, 0.25) is 0 Å². The fourth-order valence-electron chi connectivity index (χ4n) is 2.87. The monoisotopic (exact) mass is 381 g/mol. The third kappa shape index (κ3) is 5.56. The van der Waals surface area contributed by atoms with Crippen LogP contribution in [0.2, 0.25) is 0 Å². The van der Waals surface area contributed by atoms with Crippen LogP contribution in [0.1, 0.15) is 59.8 Å². The number of nitrogens with one attached hydrogen (secondary N) is 2. The second kappa shape index (κ2) is 10.1. The van der Waals surface area contributed by atoms with Crippen LogP contribution in [0.25, 0.3) is 0 Å². The zero-order valence-corrected chi connectivity index (χ0v) is 17.3. The highest BCUT2D eigenvalue weighted by Crippen LogP contribution is 2.22. The van der Waals surface area contributed by atoms with Gasteiger partial charge in [-0.05, 0) is 47.1 Å². The van der Waals surface area contributed by atoms with Gasteiger partial charge >= 0.3 is 12.0 Å². The molecule has 0 saturated heterocycles. The summed E-state index contributed by atoms with van der Waals surface area (Å²) in [7, 11) is 1.54. The maximum absolute atomic E-state index is 13.1. The molecule has 1 rings (SSSR count). The number of aromatic amines is 1. The minimum absolute atomic E-state index is 0.0593. The first-order valence-corrected chi connectivity index (χ1v) is 9.12. The molecule has 0 fully saturated rings. The Labute approximate surface area is 160 Å². The van der Waals surface area contributed by atoms with E-state index < -0.39 is 12.0 Å². The number of methoxy groups -OCH3 is 1. The number of Topliss-reactive ketones (excluding diaryl/α,β-unsaturated/α-hetero) is 1. The Hall–Kier alpha value is -2.35. The molecule has 0 spiro atoms. The van der Waals surface area contributed by atoms with Crippen LogP contribution in [0.15, 0.2) is 0 Å². The molecule has 0 aromatic carbocycles. The van der Waals surface area contributed by atoms with Crippen molar-refractivity contribution < 1.29 is 23.9 Å². The molecule has 1 atom stereocenters. The van der Waals surface area contributed by atoms with Crippen LogP contribution in [-0.4, -0.2) is 66.6 Å². The highest BCUT2D eigenvalue weighted by Gasteiger charge is 2.31. The summed E-state index contributed by atoms with van der Waals surface area (Å²) in [5.74, 6) is -0.745. The van der Waals surface area contributed by atoms with E-state index in [0.717, 1.165) is 0 Å². The average Bonchev–Trinajstić information content (AvgIpc) is 2.88. The first-order chi connectivity index (χ1) is 12.6. The predicted molar refractivity (Wildman–Crippen MR) is 102 cm³/mol. The number of rotatable bonds is 9. The summed E-state index contributed by atoms with van der Waals surface area (Å²) >= 11 is 0. The third-order valence-electron chi connectivity index (χ3n) is 4.22. The van der Waals surface area contributed by atoms with E-state index in [4.69, 9.17) is 9.47 Å². The summed E-state index contributed by atoms with van der Waals surface area (Å²) in [6, 6.07) is -1.11. The van der Waals surface area contributed by atoms with E-state index in [0.29, 0.717) is 23.4 Å². The number of nitrogens with zero attached hydrogens (tertiary/aromatic N) is 1. The van der Waals surface area contributed by atoms with Crippen molar-refractivity contribution in [1.82, 2.24) is 15.2 Å². The Morgan fingerprint density at radius 3 is 2.33 bits per heavy atom. The minimum Gasteiger partial charge on any atom is -0.461 e. The maximum atomic E-state index is 13.1. The van der Waals surface area contributed by atoms with Crippen LogP contribution in [0, 0.1) is 13.8 Å². The Kier molecular flexibility index (Phi) is 8.49. The van der Waals surface area contributed by atoms with E-state index in [-0.39, 0.29) is 36.7 Å². The molecule has 27 heavy (non-hydrogen) atoms. The molecule has 2 amide bonds. The first kappa shape index (κ1) is 22.7. The van der Waals surface area contributed by atoms with Gasteiger partial charge < -0.3 is 24.7 Å². The number of hydrogen-bond acceptors (Lipinski definition) is 5. The number of carbonyl (C=O) groups is 3. The molecular formula is C19H31N3O5. The first-order valence-electron chi connectivity index (χ1n) is 9.12. The van der Waals surface area contributed by atoms with Gasteiger partial charge in [0.15, 0.2) is 5.78 Å². The zero-order valence-electron chi connectivity index (χ0n) is 17.3.